The van der Waals surface area contributed by atoms with Gasteiger partial charge in [0.25, 0.3) is 0 Å². The van der Waals surface area contributed by atoms with Crippen molar-refractivity contribution in [1.82, 2.24) is 5.32 Å². The van der Waals surface area contributed by atoms with E-state index in [4.69, 9.17) is 10.2 Å². The van der Waals surface area contributed by atoms with Crippen molar-refractivity contribution in [2.75, 3.05) is 19.8 Å². The minimum absolute atomic E-state index is 0.0176. The predicted molar refractivity (Wildman–Crippen MR) is 65.4 cm³/mol. The Morgan fingerprint density at radius 3 is 2.31 bits per heavy atom. The van der Waals surface area contributed by atoms with Gasteiger partial charge >= 0.3 is 0 Å². The van der Waals surface area contributed by atoms with Crippen molar-refractivity contribution in [3.63, 3.8) is 0 Å². The highest BCUT2D eigenvalue weighted by atomic mass is 16.3. The largest absolute Gasteiger partial charge is 0.395 e. The van der Waals surface area contributed by atoms with Crippen LogP contribution in [0.2, 0.25) is 0 Å². The molecule has 1 rings (SSSR count). The normalized spacial score (nSPS) is 13.0. The molecule has 0 bridgehead atoms. The molecule has 0 aliphatic heterocycles. The molecule has 0 saturated heterocycles. The number of aliphatic hydroxyl groups excluding tert-OH is 2. The lowest BCUT2D eigenvalue weighted by Crippen LogP contribution is -2.36. The van der Waals surface area contributed by atoms with E-state index in [1.807, 2.05) is 18.2 Å². The van der Waals surface area contributed by atoms with Crippen LogP contribution in [-0.2, 0) is 0 Å². The van der Waals surface area contributed by atoms with Crippen LogP contribution >= 0.6 is 0 Å². The second-order valence-electron chi connectivity index (χ2n) is 4.12. The van der Waals surface area contributed by atoms with Crippen LogP contribution in [0, 0.1) is 0 Å². The first-order valence-electron chi connectivity index (χ1n) is 5.78. The zero-order valence-electron chi connectivity index (χ0n) is 9.76. The number of benzene rings is 1. The molecule has 0 amide bonds. The van der Waals surface area contributed by atoms with E-state index >= 15 is 0 Å². The summed E-state index contributed by atoms with van der Waals surface area (Å²) < 4.78 is 0. The van der Waals surface area contributed by atoms with E-state index in [1.165, 1.54) is 5.56 Å². The van der Waals surface area contributed by atoms with E-state index in [1.54, 1.807) is 0 Å². The van der Waals surface area contributed by atoms with Crippen LogP contribution in [0.4, 0.5) is 0 Å². The van der Waals surface area contributed by atoms with Crippen LogP contribution in [0.3, 0.4) is 0 Å². The first-order valence-corrected chi connectivity index (χ1v) is 5.78. The van der Waals surface area contributed by atoms with E-state index in [-0.39, 0.29) is 19.3 Å². The molecule has 3 nitrogen and oxygen atoms in total. The number of hydrogen-bond donors (Lipinski definition) is 3. The maximum Gasteiger partial charge on any atom is 0.0607 e. The highest BCUT2D eigenvalue weighted by molar-refractivity contribution is 5.18. The maximum absolute atomic E-state index is 8.89. The minimum atomic E-state index is -0.192. The molecule has 0 aromatic heterocycles. The molecule has 0 aliphatic rings. The van der Waals surface area contributed by atoms with Crippen LogP contribution < -0.4 is 5.32 Å². The molecule has 3 N–H and O–H groups in total. The third kappa shape index (κ3) is 4.31. The average Bonchev–Trinajstić information content (AvgIpc) is 2.35. The van der Waals surface area contributed by atoms with Crippen LogP contribution in [0.25, 0.3) is 0 Å². The third-order valence-corrected chi connectivity index (χ3v) is 2.82. The van der Waals surface area contributed by atoms with Gasteiger partial charge in [0.2, 0.25) is 0 Å². The first-order chi connectivity index (χ1) is 7.77. The predicted octanol–water partition coefficient (Wildman–Crippen LogP) is 1.12. The Bertz CT molecular complexity index is 273. The van der Waals surface area contributed by atoms with Gasteiger partial charge < -0.3 is 15.5 Å². The van der Waals surface area contributed by atoms with Gasteiger partial charge in [-0.1, -0.05) is 37.3 Å². The standard InChI is InChI=1S/C13H21NO2/c1-11(12-5-3-2-4-6-12)7-8-14-13(9-15)10-16/h2-6,11,13-16H,7-10H2,1H3. The van der Waals surface area contributed by atoms with Crippen molar-refractivity contribution in [1.29, 1.82) is 0 Å². The van der Waals surface area contributed by atoms with Crippen LogP contribution in [-0.4, -0.2) is 36.0 Å². The number of hydrogen-bond acceptors (Lipinski definition) is 3. The van der Waals surface area contributed by atoms with Crippen molar-refractivity contribution in [3.8, 4) is 0 Å². The second kappa shape index (κ2) is 7.39. The fourth-order valence-electron chi connectivity index (χ4n) is 1.64. The van der Waals surface area contributed by atoms with E-state index in [0.29, 0.717) is 5.92 Å². The summed E-state index contributed by atoms with van der Waals surface area (Å²) in [5.41, 5.74) is 1.33. The highest BCUT2D eigenvalue weighted by Crippen LogP contribution is 2.17. The molecule has 90 valence electrons. The van der Waals surface area contributed by atoms with Crippen LogP contribution in [0.15, 0.2) is 30.3 Å². The summed E-state index contributed by atoms with van der Waals surface area (Å²) in [7, 11) is 0. The first kappa shape index (κ1) is 13.2. The fourth-order valence-corrected chi connectivity index (χ4v) is 1.64. The Labute approximate surface area is 97.1 Å². The number of rotatable bonds is 7. The summed E-state index contributed by atoms with van der Waals surface area (Å²) >= 11 is 0. The van der Waals surface area contributed by atoms with Gasteiger partial charge in [-0.3, -0.25) is 0 Å². The Balaban J connectivity index is 2.28. The summed E-state index contributed by atoms with van der Waals surface area (Å²) in [5.74, 6) is 0.492. The molecule has 16 heavy (non-hydrogen) atoms. The van der Waals surface area contributed by atoms with Crippen molar-refractivity contribution in [2.24, 2.45) is 0 Å². The molecule has 0 radical (unpaired) electrons. The molecule has 0 aliphatic carbocycles. The zero-order chi connectivity index (χ0) is 11.8. The molecule has 3 heteroatoms. The summed E-state index contributed by atoms with van der Waals surface area (Å²) in [4.78, 5) is 0. The second-order valence-corrected chi connectivity index (χ2v) is 4.12. The molecule has 0 saturated carbocycles. The summed E-state index contributed by atoms with van der Waals surface area (Å²) in [6.45, 7) is 2.96. The van der Waals surface area contributed by atoms with Crippen molar-refractivity contribution in [2.45, 2.75) is 25.3 Å². The lowest BCUT2D eigenvalue weighted by Gasteiger charge is -2.16. The molecule has 1 unspecified atom stereocenters. The topological polar surface area (TPSA) is 52.5 Å². The Hall–Kier alpha value is -0.900. The van der Waals surface area contributed by atoms with Gasteiger partial charge in [0.15, 0.2) is 0 Å². The van der Waals surface area contributed by atoms with E-state index in [2.05, 4.69) is 24.4 Å². The third-order valence-electron chi connectivity index (χ3n) is 2.82. The summed E-state index contributed by atoms with van der Waals surface area (Å²) in [6, 6.07) is 10.2. The Morgan fingerprint density at radius 1 is 1.12 bits per heavy atom. The van der Waals surface area contributed by atoms with Gasteiger partial charge in [-0.2, -0.15) is 0 Å². The van der Waals surface area contributed by atoms with E-state index < -0.39 is 0 Å². The van der Waals surface area contributed by atoms with Crippen LogP contribution in [0.5, 0.6) is 0 Å². The van der Waals surface area contributed by atoms with Gasteiger partial charge in [0, 0.05) is 0 Å². The lowest BCUT2D eigenvalue weighted by atomic mass is 9.98. The average molecular weight is 223 g/mol. The molecule has 0 spiro atoms. The van der Waals surface area contributed by atoms with Gasteiger partial charge in [0.05, 0.1) is 19.3 Å². The lowest BCUT2D eigenvalue weighted by molar-refractivity contribution is 0.170. The molecule has 1 atom stereocenters. The SMILES string of the molecule is CC(CCNC(CO)CO)c1ccccc1. The van der Waals surface area contributed by atoms with Gasteiger partial charge in [-0.25, -0.2) is 0 Å². The summed E-state index contributed by atoms with van der Waals surface area (Å²) in [6.07, 6.45) is 1.00. The monoisotopic (exact) mass is 223 g/mol. The molecule has 0 heterocycles. The van der Waals surface area contributed by atoms with E-state index in [0.717, 1.165) is 13.0 Å². The van der Waals surface area contributed by atoms with Gasteiger partial charge in [0.1, 0.15) is 0 Å². The van der Waals surface area contributed by atoms with E-state index in [9.17, 15) is 0 Å². The molecule has 1 aromatic rings. The van der Waals surface area contributed by atoms with Crippen molar-refractivity contribution in [3.05, 3.63) is 35.9 Å². The number of nitrogens with one attached hydrogen (secondary N) is 1. The molecule has 0 fully saturated rings. The quantitative estimate of drug-likeness (QED) is 0.649. The summed E-state index contributed by atoms with van der Waals surface area (Å²) in [5, 5.41) is 20.9. The Morgan fingerprint density at radius 2 is 1.75 bits per heavy atom. The maximum atomic E-state index is 8.89. The fraction of sp³-hybridized carbons (Fsp3) is 0.538. The smallest absolute Gasteiger partial charge is 0.0607 e. The van der Waals surface area contributed by atoms with Crippen molar-refractivity contribution < 1.29 is 10.2 Å². The highest BCUT2D eigenvalue weighted by Gasteiger charge is 2.07. The minimum Gasteiger partial charge on any atom is -0.395 e. The number of aliphatic hydroxyl groups is 2. The van der Waals surface area contributed by atoms with Crippen LogP contribution in [0.1, 0.15) is 24.8 Å². The van der Waals surface area contributed by atoms with Crippen molar-refractivity contribution >= 4 is 0 Å². The van der Waals surface area contributed by atoms with Gasteiger partial charge in [-0.15, -0.1) is 0 Å². The van der Waals surface area contributed by atoms with Gasteiger partial charge in [-0.05, 0) is 24.4 Å². The molecular weight excluding hydrogens is 202 g/mol. The zero-order valence-corrected chi connectivity index (χ0v) is 9.76. The Kier molecular flexibility index (Phi) is 6.08. The molecular formula is C13H21NO2. The molecule has 1 aromatic carbocycles.